The second-order valence-electron chi connectivity index (χ2n) is 5.05. The van der Waals surface area contributed by atoms with Crippen molar-refractivity contribution in [3.05, 3.63) is 60.2 Å². The van der Waals surface area contributed by atoms with Crippen LogP contribution < -0.4 is 10.1 Å². The van der Waals surface area contributed by atoms with Gasteiger partial charge >= 0.3 is 0 Å². The number of carbonyl (C=O) groups is 2. The molecule has 3 rings (SSSR count). The number of carbonyl (C=O) groups excluding carboxylic acids is 2. The van der Waals surface area contributed by atoms with Crippen molar-refractivity contribution in [3.8, 4) is 5.75 Å². The lowest BCUT2D eigenvalue weighted by Gasteiger charge is -2.15. The Balaban J connectivity index is 1.68. The summed E-state index contributed by atoms with van der Waals surface area (Å²) in [5.74, 6) is 0.516. The Kier molecular flexibility index (Phi) is 4.52. The minimum atomic E-state index is -0.598. The molecule has 1 saturated heterocycles. The molecule has 0 spiro atoms. The molecule has 1 atom stereocenters. The van der Waals surface area contributed by atoms with Crippen LogP contribution in [0, 0.1) is 0 Å². The van der Waals surface area contributed by atoms with E-state index in [9.17, 15) is 9.59 Å². The molecule has 1 fully saturated rings. The van der Waals surface area contributed by atoms with Gasteiger partial charge in [-0.2, -0.15) is 0 Å². The summed E-state index contributed by atoms with van der Waals surface area (Å²) < 4.78 is 5.10. The normalized spacial score (nSPS) is 17.4. The van der Waals surface area contributed by atoms with Crippen LogP contribution in [0.5, 0.6) is 5.75 Å². The number of rotatable bonds is 5. The molecule has 0 bridgehead atoms. The number of methoxy groups -OCH3 is 1. The molecule has 0 radical (unpaired) electrons. The minimum Gasteiger partial charge on any atom is -0.497 e. The van der Waals surface area contributed by atoms with E-state index in [0.717, 1.165) is 28.8 Å². The first kappa shape index (κ1) is 15.4. The Labute approximate surface area is 138 Å². The molecule has 23 heavy (non-hydrogen) atoms. The molecule has 118 valence electrons. The molecule has 2 amide bonds. The predicted octanol–water partition coefficient (Wildman–Crippen LogP) is 3.33. The Morgan fingerprint density at radius 2 is 1.78 bits per heavy atom. The van der Waals surface area contributed by atoms with Crippen molar-refractivity contribution in [2.75, 3.05) is 12.4 Å². The average Bonchev–Trinajstić information content (AvgIpc) is 2.84. The fourth-order valence-electron chi connectivity index (χ4n) is 2.28. The summed E-state index contributed by atoms with van der Waals surface area (Å²) in [5, 5.41) is 2.25. The third-order valence-electron chi connectivity index (χ3n) is 3.50. The van der Waals surface area contributed by atoms with Crippen LogP contribution in [0.1, 0.15) is 5.56 Å². The number of nitrogens with zero attached hydrogens (tertiary/aromatic N) is 1. The highest BCUT2D eigenvalue weighted by atomic mass is 32.2. The van der Waals surface area contributed by atoms with Gasteiger partial charge in [-0.1, -0.05) is 30.3 Å². The van der Waals surface area contributed by atoms with Crippen LogP contribution in [-0.2, 0) is 11.3 Å². The highest BCUT2D eigenvalue weighted by Gasteiger charge is 2.39. The lowest BCUT2D eigenvalue weighted by atomic mass is 10.2. The van der Waals surface area contributed by atoms with E-state index in [1.54, 1.807) is 19.2 Å². The van der Waals surface area contributed by atoms with Crippen LogP contribution in [0.3, 0.4) is 0 Å². The summed E-state index contributed by atoms with van der Waals surface area (Å²) >= 11 is 1.00. The highest BCUT2D eigenvalue weighted by molar-refractivity contribution is 8.15. The van der Waals surface area contributed by atoms with Crippen molar-refractivity contribution in [1.82, 2.24) is 4.90 Å². The molecule has 1 aliphatic rings. The molecule has 0 aliphatic carbocycles. The van der Waals surface area contributed by atoms with E-state index in [4.69, 9.17) is 4.74 Å². The second kappa shape index (κ2) is 6.75. The molecule has 2 aromatic rings. The van der Waals surface area contributed by atoms with Crippen molar-refractivity contribution in [3.63, 3.8) is 0 Å². The van der Waals surface area contributed by atoms with Crippen molar-refractivity contribution in [2.24, 2.45) is 0 Å². The smallest absolute Gasteiger partial charge is 0.291 e. The van der Waals surface area contributed by atoms with Gasteiger partial charge in [-0.15, -0.1) is 0 Å². The fraction of sp³-hybridized carbons (Fsp3) is 0.176. The van der Waals surface area contributed by atoms with Gasteiger partial charge in [-0.3, -0.25) is 14.5 Å². The fourth-order valence-corrected chi connectivity index (χ4v) is 3.19. The number of anilines is 1. The van der Waals surface area contributed by atoms with E-state index < -0.39 is 5.37 Å². The van der Waals surface area contributed by atoms with Gasteiger partial charge in [0.15, 0.2) is 5.37 Å². The summed E-state index contributed by atoms with van der Waals surface area (Å²) in [7, 11) is 1.60. The lowest BCUT2D eigenvalue weighted by Crippen LogP contribution is -2.33. The zero-order valence-corrected chi connectivity index (χ0v) is 13.4. The topological polar surface area (TPSA) is 58.6 Å². The zero-order chi connectivity index (χ0) is 16.2. The van der Waals surface area contributed by atoms with E-state index in [-0.39, 0.29) is 11.1 Å². The number of imide groups is 1. The van der Waals surface area contributed by atoms with E-state index >= 15 is 0 Å². The molecule has 0 saturated carbocycles. The van der Waals surface area contributed by atoms with E-state index in [2.05, 4.69) is 5.32 Å². The standard InChI is InChI=1S/C17H16N2O3S/c1-22-14-9-7-13(8-10-14)18-15-16(20)19(17(21)23-15)11-12-5-3-2-4-6-12/h2-10,15,18H,11H2,1H3/t15-/m0/s1. The molecule has 5 nitrogen and oxygen atoms in total. The Bertz CT molecular complexity index is 704. The summed E-state index contributed by atoms with van der Waals surface area (Å²) in [6, 6.07) is 16.7. The number of hydrogen-bond acceptors (Lipinski definition) is 5. The summed E-state index contributed by atoms with van der Waals surface area (Å²) in [5.41, 5.74) is 1.70. The van der Waals surface area contributed by atoms with Crippen molar-refractivity contribution in [1.29, 1.82) is 0 Å². The largest absolute Gasteiger partial charge is 0.497 e. The van der Waals surface area contributed by atoms with Gasteiger partial charge in [-0.05, 0) is 41.6 Å². The molecule has 1 N–H and O–H groups in total. The van der Waals surface area contributed by atoms with Gasteiger partial charge in [0.05, 0.1) is 13.7 Å². The summed E-state index contributed by atoms with van der Waals surface area (Å²) in [6.07, 6.45) is 0. The molecule has 2 aromatic carbocycles. The molecular weight excluding hydrogens is 312 g/mol. The van der Waals surface area contributed by atoms with Crippen LogP contribution in [0.25, 0.3) is 0 Å². The number of ether oxygens (including phenoxy) is 1. The monoisotopic (exact) mass is 328 g/mol. The van der Waals surface area contributed by atoms with E-state index in [0.29, 0.717) is 6.54 Å². The molecular formula is C17H16N2O3S. The van der Waals surface area contributed by atoms with Crippen LogP contribution in [0.2, 0.25) is 0 Å². The molecule has 1 heterocycles. The van der Waals surface area contributed by atoms with Crippen molar-refractivity contribution in [2.45, 2.75) is 11.9 Å². The number of nitrogens with one attached hydrogen (secondary N) is 1. The number of amides is 2. The molecule has 1 aliphatic heterocycles. The van der Waals surface area contributed by atoms with Crippen LogP contribution in [-0.4, -0.2) is 28.5 Å². The maximum atomic E-state index is 12.4. The van der Waals surface area contributed by atoms with Gasteiger partial charge < -0.3 is 10.1 Å². The highest BCUT2D eigenvalue weighted by Crippen LogP contribution is 2.29. The Morgan fingerprint density at radius 1 is 1.09 bits per heavy atom. The SMILES string of the molecule is COc1ccc(N[C@H]2SC(=O)N(Cc3ccccc3)C2=O)cc1. The van der Waals surface area contributed by atoms with Crippen LogP contribution in [0.15, 0.2) is 54.6 Å². The molecule has 6 heteroatoms. The Hall–Kier alpha value is -2.47. The third-order valence-corrected chi connectivity index (χ3v) is 4.48. The van der Waals surface area contributed by atoms with Crippen LogP contribution in [0.4, 0.5) is 10.5 Å². The van der Waals surface area contributed by atoms with Crippen molar-refractivity contribution < 1.29 is 14.3 Å². The van der Waals surface area contributed by atoms with Gasteiger partial charge in [0, 0.05) is 5.69 Å². The zero-order valence-electron chi connectivity index (χ0n) is 12.6. The van der Waals surface area contributed by atoms with Crippen molar-refractivity contribution >= 4 is 28.6 Å². The minimum absolute atomic E-state index is 0.223. The van der Waals surface area contributed by atoms with Gasteiger partial charge in [0.1, 0.15) is 5.75 Å². The van der Waals surface area contributed by atoms with Gasteiger partial charge in [0.25, 0.3) is 11.1 Å². The van der Waals surface area contributed by atoms with Gasteiger partial charge in [0.2, 0.25) is 0 Å². The quantitative estimate of drug-likeness (QED) is 0.912. The first-order valence-electron chi connectivity index (χ1n) is 7.14. The van der Waals surface area contributed by atoms with E-state index in [1.165, 1.54) is 4.90 Å². The maximum Gasteiger partial charge on any atom is 0.291 e. The first-order valence-corrected chi connectivity index (χ1v) is 8.02. The lowest BCUT2D eigenvalue weighted by molar-refractivity contribution is -0.126. The predicted molar refractivity (Wildman–Crippen MR) is 90.4 cm³/mol. The Morgan fingerprint density at radius 3 is 2.43 bits per heavy atom. The van der Waals surface area contributed by atoms with Crippen LogP contribution >= 0.6 is 11.8 Å². The number of benzene rings is 2. The summed E-state index contributed by atoms with van der Waals surface area (Å²) in [6.45, 7) is 0.298. The molecule has 0 unspecified atom stereocenters. The second-order valence-corrected chi connectivity index (χ2v) is 6.10. The third kappa shape index (κ3) is 3.48. The average molecular weight is 328 g/mol. The summed E-state index contributed by atoms with van der Waals surface area (Å²) in [4.78, 5) is 25.8. The number of thioether (sulfide) groups is 1. The van der Waals surface area contributed by atoms with E-state index in [1.807, 2.05) is 42.5 Å². The first-order chi connectivity index (χ1) is 11.2. The maximum absolute atomic E-state index is 12.4. The number of hydrogen-bond donors (Lipinski definition) is 1. The molecule has 0 aromatic heterocycles. The van der Waals surface area contributed by atoms with Gasteiger partial charge in [-0.25, -0.2) is 0 Å².